The second kappa shape index (κ2) is 5.29. The van der Waals surface area contributed by atoms with E-state index in [2.05, 4.69) is 6.58 Å². The summed E-state index contributed by atoms with van der Waals surface area (Å²) in [6.07, 6.45) is 1.95. The Kier molecular flexibility index (Phi) is 4.03. The zero-order valence-electron chi connectivity index (χ0n) is 8.32. The molecule has 3 heteroatoms. The van der Waals surface area contributed by atoms with E-state index in [0.717, 1.165) is 0 Å². The van der Waals surface area contributed by atoms with Gasteiger partial charge < -0.3 is 5.11 Å². The Bertz CT molecular complexity index is 343. The van der Waals surface area contributed by atoms with Crippen LogP contribution in [0.4, 0.5) is 4.39 Å². The summed E-state index contributed by atoms with van der Waals surface area (Å²) in [5.41, 5.74) is 1.24. The molecule has 80 valence electrons. The van der Waals surface area contributed by atoms with Crippen molar-refractivity contribution >= 4 is 5.97 Å². The zero-order valence-corrected chi connectivity index (χ0v) is 8.32. The molecular weight excluding hydrogens is 195 g/mol. The van der Waals surface area contributed by atoms with Gasteiger partial charge in [0.2, 0.25) is 0 Å². The number of alkyl halides is 1. The first kappa shape index (κ1) is 11.4. The molecule has 1 unspecified atom stereocenters. The van der Waals surface area contributed by atoms with E-state index < -0.39 is 18.6 Å². The van der Waals surface area contributed by atoms with E-state index in [1.165, 1.54) is 0 Å². The van der Waals surface area contributed by atoms with Crippen molar-refractivity contribution in [3.63, 3.8) is 0 Å². The third kappa shape index (κ3) is 2.91. The van der Waals surface area contributed by atoms with Gasteiger partial charge >= 0.3 is 5.97 Å². The van der Waals surface area contributed by atoms with Crippen molar-refractivity contribution in [2.24, 2.45) is 0 Å². The maximum Gasteiger partial charge on any atom is 0.311 e. The predicted octanol–water partition coefficient (Wildman–Crippen LogP) is 2.90. The van der Waals surface area contributed by atoms with E-state index in [4.69, 9.17) is 5.11 Å². The van der Waals surface area contributed by atoms with Crippen LogP contribution in [0.25, 0.3) is 0 Å². The van der Waals surface area contributed by atoms with Gasteiger partial charge in [-0.05, 0) is 17.5 Å². The molecule has 0 aromatic heterocycles. The van der Waals surface area contributed by atoms with Crippen LogP contribution < -0.4 is 0 Å². The van der Waals surface area contributed by atoms with Crippen LogP contribution >= 0.6 is 0 Å². The Morgan fingerprint density at radius 1 is 1.47 bits per heavy atom. The van der Waals surface area contributed by atoms with Gasteiger partial charge in [0.25, 0.3) is 0 Å². The molecule has 1 atom stereocenters. The quantitative estimate of drug-likeness (QED) is 0.755. The van der Waals surface area contributed by atoms with Crippen LogP contribution in [0.2, 0.25) is 0 Å². The molecule has 0 amide bonds. The predicted molar refractivity (Wildman–Crippen MR) is 56.4 cm³/mol. The molecule has 0 aliphatic carbocycles. The number of carboxylic acids is 1. The maximum absolute atomic E-state index is 12.2. The lowest BCUT2D eigenvalue weighted by Crippen LogP contribution is -2.10. The van der Waals surface area contributed by atoms with E-state index in [1.54, 1.807) is 30.3 Å². The molecule has 1 N–H and O–H groups in total. The average Bonchev–Trinajstić information content (AvgIpc) is 2.26. The molecule has 0 spiro atoms. The van der Waals surface area contributed by atoms with E-state index in [9.17, 15) is 9.18 Å². The molecule has 0 aliphatic heterocycles. The normalized spacial score (nSPS) is 12.1. The fourth-order valence-corrected chi connectivity index (χ4v) is 1.39. The van der Waals surface area contributed by atoms with Crippen LogP contribution in [0.5, 0.6) is 0 Å². The smallest absolute Gasteiger partial charge is 0.311 e. The number of hydrogen-bond acceptors (Lipinski definition) is 1. The fraction of sp³-hybridized carbons (Fsp3) is 0.250. The van der Waals surface area contributed by atoms with Crippen LogP contribution in [0.3, 0.4) is 0 Å². The minimum atomic E-state index is -0.886. The molecular formula is C12H13FO2. The topological polar surface area (TPSA) is 37.3 Å². The number of allylic oxidation sites excluding steroid dienone is 1. The molecule has 0 saturated heterocycles. The van der Waals surface area contributed by atoms with Crippen molar-refractivity contribution in [3.05, 3.63) is 48.0 Å². The van der Waals surface area contributed by atoms with Crippen molar-refractivity contribution in [1.29, 1.82) is 0 Å². The fourth-order valence-electron chi connectivity index (χ4n) is 1.39. The first-order valence-corrected chi connectivity index (χ1v) is 4.67. The molecule has 0 bridgehead atoms. The number of carboxylic acid groups (broad SMARTS) is 1. The van der Waals surface area contributed by atoms with Crippen LogP contribution in [0.15, 0.2) is 36.9 Å². The van der Waals surface area contributed by atoms with Crippen LogP contribution in [0, 0.1) is 0 Å². The first-order valence-electron chi connectivity index (χ1n) is 4.67. The van der Waals surface area contributed by atoms with E-state index in [1.807, 2.05) is 0 Å². The molecule has 0 saturated carbocycles. The molecule has 0 fully saturated rings. The minimum Gasteiger partial charge on any atom is -0.481 e. The minimum absolute atomic E-state index is 0.379. The summed E-state index contributed by atoms with van der Waals surface area (Å²) in [4.78, 5) is 10.9. The summed E-state index contributed by atoms with van der Waals surface area (Å²) in [6, 6.07) is 6.51. The third-order valence-electron chi connectivity index (χ3n) is 2.24. The van der Waals surface area contributed by atoms with Gasteiger partial charge in [-0.3, -0.25) is 4.79 Å². The highest BCUT2D eigenvalue weighted by Gasteiger charge is 2.17. The van der Waals surface area contributed by atoms with Gasteiger partial charge in [-0.1, -0.05) is 30.3 Å². The lowest BCUT2D eigenvalue weighted by molar-refractivity contribution is -0.138. The number of rotatable bonds is 5. The van der Waals surface area contributed by atoms with E-state index in [0.29, 0.717) is 17.5 Å². The number of hydrogen-bond donors (Lipinski definition) is 1. The van der Waals surface area contributed by atoms with E-state index >= 15 is 0 Å². The molecule has 0 radical (unpaired) electrons. The van der Waals surface area contributed by atoms with Crippen LogP contribution in [0.1, 0.15) is 23.5 Å². The van der Waals surface area contributed by atoms with Crippen molar-refractivity contribution in [2.75, 3.05) is 0 Å². The highest BCUT2D eigenvalue weighted by molar-refractivity contribution is 5.76. The molecule has 0 aliphatic rings. The molecule has 15 heavy (non-hydrogen) atoms. The maximum atomic E-state index is 12.2. The highest BCUT2D eigenvalue weighted by atomic mass is 19.1. The van der Waals surface area contributed by atoms with Gasteiger partial charge in [0.05, 0.1) is 5.92 Å². The van der Waals surface area contributed by atoms with Gasteiger partial charge in [0.15, 0.2) is 0 Å². The van der Waals surface area contributed by atoms with Gasteiger partial charge in [0.1, 0.15) is 6.67 Å². The Morgan fingerprint density at radius 3 is 2.47 bits per heavy atom. The van der Waals surface area contributed by atoms with Gasteiger partial charge in [-0.25, -0.2) is 4.39 Å². The molecule has 1 aromatic rings. The Balaban J connectivity index is 2.91. The summed E-state index contributed by atoms with van der Waals surface area (Å²) < 4.78 is 12.2. The summed E-state index contributed by atoms with van der Waals surface area (Å²) in [6.45, 7) is 2.99. The van der Waals surface area contributed by atoms with Gasteiger partial charge in [0, 0.05) is 0 Å². The number of carbonyl (C=O) groups is 1. The molecule has 1 rings (SSSR count). The highest BCUT2D eigenvalue weighted by Crippen LogP contribution is 2.21. The van der Waals surface area contributed by atoms with Crippen LogP contribution in [-0.2, 0) is 11.5 Å². The third-order valence-corrected chi connectivity index (χ3v) is 2.24. The standard InChI is InChI=1S/C12H13FO2/c1-2-3-11(12(14)15)10-6-4-9(8-13)5-7-10/h2,4-7,11H,1,3,8H2,(H,14,15). The van der Waals surface area contributed by atoms with Crippen molar-refractivity contribution in [3.8, 4) is 0 Å². The number of benzene rings is 1. The summed E-state index contributed by atoms with van der Waals surface area (Å²) in [5, 5.41) is 8.96. The monoisotopic (exact) mass is 208 g/mol. The molecule has 1 aromatic carbocycles. The summed E-state index contributed by atoms with van der Waals surface area (Å²) in [7, 11) is 0. The van der Waals surface area contributed by atoms with Gasteiger partial charge in [-0.15, -0.1) is 6.58 Å². The molecule has 2 nitrogen and oxygen atoms in total. The van der Waals surface area contributed by atoms with Crippen molar-refractivity contribution < 1.29 is 14.3 Å². The van der Waals surface area contributed by atoms with E-state index in [-0.39, 0.29) is 0 Å². The number of aliphatic carboxylic acids is 1. The Hall–Kier alpha value is -1.64. The Labute approximate surface area is 88.1 Å². The SMILES string of the molecule is C=CCC(C(=O)O)c1ccc(CF)cc1. The Morgan fingerprint density at radius 2 is 2.07 bits per heavy atom. The van der Waals surface area contributed by atoms with Gasteiger partial charge in [-0.2, -0.15) is 0 Å². The van der Waals surface area contributed by atoms with Crippen LogP contribution in [-0.4, -0.2) is 11.1 Å². The lowest BCUT2D eigenvalue weighted by Gasteiger charge is -2.10. The second-order valence-electron chi connectivity index (χ2n) is 3.29. The van der Waals surface area contributed by atoms with Crippen molar-refractivity contribution in [1.82, 2.24) is 0 Å². The zero-order chi connectivity index (χ0) is 11.3. The first-order chi connectivity index (χ1) is 7.19. The summed E-state index contributed by atoms with van der Waals surface area (Å²) >= 11 is 0. The molecule has 0 heterocycles. The second-order valence-corrected chi connectivity index (χ2v) is 3.29. The largest absolute Gasteiger partial charge is 0.481 e. The number of halogens is 1. The average molecular weight is 208 g/mol. The lowest BCUT2D eigenvalue weighted by atomic mass is 9.95. The summed E-state index contributed by atoms with van der Waals surface area (Å²) in [5.74, 6) is -1.47. The van der Waals surface area contributed by atoms with Crippen molar-refractivity contribution in [2.45, 2.75) is 19.0 Å².